The number of benzene rings is 2. The summed E-state index contributed by atoms with van der Waals surface area (Å²) in [5.41, 5.74) is 4.91. The summed E-state index contributed by atoms with van der Waals surface area (Å²) in [4.78, 5) is 31.6. The zero-order chi connectivity index (χ0) is 31.6. The number of carbonyl (C=O) groups is 2. The number of methoxy groups -OCH3 is 1. The fourth-order valence-electron chi connectivity index (χ4n) is 7.93. The number of likely N-dealkylation sites (tertiary alicyclic amines) is 1. The van der Waals surface area contributed by atoms with Gasteiger partial charge in [-0.1, -0.05) is 25.3 Å². The third-order valence-corrected chi connectivity index (χ3v) is 11.4. The summed E-state index contributed by atoms with van der Waals surface area (Å²) in [6.45, 7) is 1.76. The van der Waals surface area contributed by atoms with E-state index >= 15 is 0 Å². The van der Waals surface area contributed by atoms with E-state index in [4.69, 9.17) is 4.74 Å². The van der Waals surface area contributed by atoms with Crippen LogP contribution in [0.1, 0.15) is 65.4 Å². The van der Waals surface area contributed by atoms with E-state index in [9.17, 15) is 18.0 Å². The number of hydrogen-bond acceptors (Lipinski definition) is 6. The molecule has 1 saturated heterocycles. The van der Waals surface area contributed by atoms with Gasteiger partial charge in [-0.05, 0) is 67.3 Å². The van der Waals surface area contributed by atoms with Crippen molar-refractivity contribution in [3.05, 3.63) is 53.1 Å². The first-order valence-electron chi connectivity index (χ1n) is 15.4. The van der Waals surface area contributed by atoms with Crippen LogP contribution in [0.15, 0.2) is 36.4 Å². The average Bonchev–Trinajstić information content (AvgIpc) is 3.47. The van der Waals surface area contributed by atoms with Gasteiger partial charge in [-0.2, -0.15) is 12.7 Å². The average molecular weight is 622 g/mol. The largest absolute Gasteiger partial charge is 0.497 e. The molecule has 11 heteroatoms. The first-order chi connectivity index (χ1) is 20.9. The number of aromatic nitrogens is 1. The summed E-state index contributed by atoms with van der Waals surface area (Å²) < 4.78 is 36.2. The van der Waals surface area contributed by atoms with Gasteiger partial charge in [-0.3, -0.25) is 9.59 Å². The van der Waals surface area contributed by atoms with Crippen LogP contribution in [0, 0.1) is 5.41 Å². The molecular formula is C33H43N5O5S. The van der Waals surface area contributed by atoms with Crippen molar-refractivity contribution < 1.29 is 22.7 Å². The van der Waals surface area contributed by atoms with E-state index in [1.54, 1.807) is 18.1 Å². The lowest BCUT2D eigenvalue weighted by atomic mass is 9.72. The molecule has 2 atom stereocenters. The van der Waals surface area contributed by atoms with Gasteiger partial charge in [-0.15, -0.1) is 0 Å². The Balaban J connectivity index is 1.66. The van der Waals surface area contributed by atoms with Gasteiger partial charge in [0.05, 0.1) is 18.2 Å². The maximum atomic E-state index is 14.3. The van der Waals surface area contributed by atoms with E-state index in [0.717, 1.165) is 70.0 Å². The van der Waals surface area contributed by atoms with Crippen LogP contribution in [0.25, 0.3) is 22.2 Å². The second kappa shape index (κ2) is 11.2. The van der Waals surface area contributed by atoms with Crippen LogP contribution >= 0.6 is 0 Å². The van der Waals surface area contributed by atoms with Crippen LogP contribution in [-0.4, -0.2) is 94.3 Å². The van der Waals surface area contributed by atoms with Gasteiger partial charge in [0.2, 0.25) is 5.91 Å². The maximum Gasteiger partial charge on any atom is 0.303 e. The standard InChI is InChI=1S/C33H43N5O5S/c1-35(2)32(40)33-19-37(5)18-27(33)26-17-23(43-6)13-15-24(26)30-29(21-10-8-7-9-11-21)25-14-12-22(16-28(25)38(30)20-33)31(39)34-44(41,42)36(3)4/h12-17,21,27H,7-11,18-20H2,1-6H3,(H,34,39)/t27-,33-/m1/s1. The molecule has 2 aromatic carbocycles. The van der Waals surface area contributed by atoms with Crippen LogP contribution in [-0.2, 0) is 21.5 Å². The maximum absolute atomic E-state index is 14.3. The van der Waals surface area contributed by atoms with Crippen LogP contribution in [0.5, 0.6) is 5.75 Å². The van der Waals surface area contributed by atoms with Crippen molar-refractivity contribution in [2.45, 2.75) is 50.5 Å². The topological polar surface area (TPSA) is 104 Å². The van der Waals surface area contributed by atoms with Crippen LogP contribution in [0.3, 0.4) is 0 Å². The Kier molecular flexibility index (Phi) is 7.78. The van der Waals surface area contributed by atoms with Crippen molar-refractivity contribution in [1.82, 2.24) is 23.4 Å². The van der Waals surface area contributed by atoms with Gasteiger partial charge in [-0.25, -0.2) is 4.72 Å². The second-order valence-corrected chi connectivity index (χ2v) is 15.1. The minimum absolute atomic E-state index is 0.0699. The number of ether oxygens (including phenoxy) is 1. The molecule has 0 bridgehead atoms. The van der Waals surface area contributed by atoms with E-state index in [2.05, 4.69) is 33.4 Å². The molecule has 3 aromatic rings. The number of hydrogen-bond donors (Lipinski definition) is 1. The molecule has 3 heterocycles. The van der Waals surface area contributed by atoms with Gasteiger partial charge in [0.1, 0.15) is 5.75 Å². The predicted molar refractivity (Wildman–Crippen MR) is 171 cm³/mol. The molecule has 10 nitrogen and oxygen atoms in total. The molecule has 6 rings (SSSR count). The van der Waals surface area contributed by atoms with E-state index in [0.29, 0.717) is 19.0 Å². The lowest BCUT2D eigenvalue weighted by molar-refractivity contribution is -0.140. The highest BCUT2D eigenvalue weighted by molar-refractivity contribution is 7.87. The van der Waals surface area contributed by atoms with Gasteiger partial charge in [0.15, 0.2) is 0 Å². The highest BCUT2D eigenvalue weighted by atomic mass is 32.2. The van der Waals surface area contributed by atoms with Crippen molar-refractivity contribution in [2.75, 3.05) is 55.4 Å². The number of likely N-dealkylation sites (N-methyl/N-ethyl adjacent to an activating group) is 1. The lowest BCUT2D eigenvalue weighted by Gasteiger charge is -2.35. The molecule has 1 N–H and O–H groups in total. The monoisotopic (exact) mass is 621 g/mol. The number of fused-ring (bicyclic) bond motifs is 7. The van der Waals surface area contributed by atoms with Gasteiger partial charge in [0, 0.05) is 75.8 Å². The zero-order valence-electron chi connectivity index (χ0n) is 26.5. The highest BCUT2D eigenvalue weighted by Gasteiger charge is 2.55. The molecule has 0 unspecified atom stereocenters. The quantitative estimate of drug-likeness (QED) is 0.446. The first-order valence-corrected chi connectivity index (χ1v) is 16.8. The third-order valence-electron chi connectivity index (χ3n) is 9.96. The molecule has 2 amide bonds. The molecule has 1 aromatic heterocycles. The zero-order valence-corrected chi connectivity index (χ0v) is 27.3. The summed E-state index contributed by atoms with van der Waals surface area (Å²) in [6, 6.07) is 11.7. The Labute approximate surface area is 260 Å². The van der Waals surface area contributed by atoms with Crippen molar-refractivity contribution in [3.63, 3.8) is 0 Å². The van der Waals surface area contributed by atoms with Crippen molar-refractivity contribution >= 4 is 32.9 Å². The summed E-state index contributed by atoms with van der Waals surface area (Å²) in [6.07, 6.45) is 5.69. The highest BCUT2D eigenvalue weighted by Crippen LogP contribution is 2.55. The normalized spacial score (nSPS) is 22.3. The first kappa shape index (κ1) is 30.6. The van der Waals surface area contributed by atoms with E-state index in [-0.39, 0.29) is 17.4 Å². The summed E-state index contributed by atoms with van der Waals surface area (Å²) in [5.74, 6) is 0.410. The minimum Gasteiger partial charge on any atom is -0.497 e. The van der Waals surface area contributed by atoms with Crippen LogP contribution in [0.4, 0.5) is 0 Å². The Morgan fingerprint density at radius 3 is 2.39 bits per heavy atom. The van der Waals surface area contributed by atoms with Gasteiger partial charge >= 0.3 is 10.2 Å². The van der Waals surface area contributed by atoms with Crippen molar-refractivity contribution in [1.29, 1.82) is 0 Å². The summed E-state index contributed by atoms with van der Waals surface area (Å²) >= 11 is 0. The van der Waals surface area contributed by atoms with Crippen molar-refractivity contribution in [3.8, 4) is 17.0 Å². The molecule has 1 aliphatic carbocycles. The van der Waals surface area contributed by atoms with E-state index in [1.165, 1.54) is 26.1 Å². The molecule has 2 fully saturated rings. The number of carbonyl (C=O) groups excluding carboxylic acids is 2. The molecular weight excluding hydrogens is 578 g/mol. The van der Waals surface area contributed by atoms with E-state index in [1.807, 2.05) is 32.3 Å². The third kappa shape index (κ3) is 4.89. The molecule has 3 aliphatic rings. The van der Waals surface area contributed by atoms with E-state index < -0.39 is 21.5 Å². The van der Waals surface area contributed by atoms with Gasteiger partial charge in [0.25, 0.3) is 5.91 Å². The second-order valence-electron chi connectivity index (χ2n) is 13.2. The number of amides is 2. The molecule has 1 saturated carbocycles. The molecule has 44 heavy (non-hydrogen) atoms. The SMILES string of the molecule is COc1ccc2c(c1)[C@H]1CN(C)C[C@@]1(C(=O)N(C)C)Cn1c-2c(C2CCCCC2)c2ccc(C(=O)NS(=O)(=O)N(C)C)cc21. The number of nitrogens with zero attached hydrogens (tertiary/aromatic N) is 4. The summed E-state index contributed by atoms with van der Waals surface area (Å²) in [7, 11) is 6.16. The van der Waals surface area contributed by atoms with Crippen LogP contribution < -0.4 is 9.46 Å². The van der Waals surface area contributed by atoms with Gasteiger partial charge < -0.3 is 19.1 Å². The number of nitrogens with one attached hydrogen (secondary N) is 1. The fraction of sp³-hybridized carbons (Fsp3) is 0.515. The lowest BCUT2D eigenvalue weighted by Crippen LogP contribution is -2.47. The molecule has 2 aliphatic heterocycles. The predicted octanol–water partition coefficient (Wildman–Crippen LogP) is 4.02. The van der Waals surface area contributed by atoms with Crippen LogP contribution in [0.2, 0.25) is 0 Å². The fourth-order valence-corrected chi connectivity index (χ4v) is 8.46. The Hall–Kier alpha value is -3.41. The van der Waals surface area contributed by atoms with Crippen molar-refractivity contribution in [2.24, 2.45) is 5.41 Å². The molecule has 236 valence electrons. The Bertz CT molecular complexity index is 1740. The summed E-state index contributed by atoms with van der Waals surface area (Å²) in [5, 5.41) is 1.05. The minimum atomic E-state index is -3.97. The Morgan fingerprint density at radius 1 is 1.00 bits per heavy atom. The molecule has 0 spiro atoms. The molecule has 0 radical (unpaired) electrons. The Morgan fingerprint density at radius 2 is 1.73 bits per heavy atom. The smallest absolute Gasteiger partial charge is 0.303 e. The number of rotatable bonds is 6.